The van der Waals surface area contributed by atoms with E-state index in [1.165, 1.54) is 23.5 Å². The zero-order valence-corrected chi connectivity index (χ0v) is 14.4. The van der Waals surface area contributed by atoms with E-state index in [2.05, 4.69) is 17.4 Å². The standard InChI is InChI=1S/C17H26N2O2S/c1-17(2,3)21-16(20)19-10-15(18)13-6-8-14(9-7-13)22-11-12-4-5-12/h6-9,12,15H,4-5,10-11,18H2,1-3H3,(H,19,20). The van der Waals surface area contributed by atoms with Crippen LogP contribution in [0.5, 0.6) is 0 Å². The minimum Gasteiger partial charge on any atom is -0.444 e. The van der Waals surface area contributed by atoms with Gasteiger partial charge in [0.1, 0.15) is 5.60 Å². The van der Waals surface area contributed by atoms with Gasteiger partial charge in [0.15, 0.2) is 0 Å². The second-order valence-electron chi connectivity index (χ2n) is 6.81. The SMILES string of the molecule is CC(C)(C)OC(=O)NCC(N)c1ccc(SCC2CC2)cc1. The number of hydrogen-bond acceptors (Lipinski definition) is 4. The van der Waals surface area contributed by atoms with E-state index >= 15 is 0 Å². The number of alkyl carbamates (subject to hydrolysis) is 1. The van der Waals surface area contributed by atoms with Gasteiger partial charge in [-0.3, -0.25) is 0 Å². The van der Waals surface area contributed by atoms with Crippen molar-refractivity contribution in [2.24, 2.45) is 11.7 Å². The van der Waals surface area contributed by atoms with Gasteiger partial charge in [-0.25, -0.2) is 4.79 Å². The molecule has 0 heterocycles. The summed E-state index contributed by atoms with van der Waals surface area (Å²) in [6.45, 7) is 5.88. The summed E-state index contributed by atoms with van der Waals surface area (Å²) in [5, 5.41) is 2.71. The molecular formula is C17H26N2O2S. The maximum atomic E-state index is 11.6. The van der Waals surface area contributed by atoms with Crippen LogP contribution in [0.25, 0.3) is 0 Å². The number of nitrogens with two attached hydrogens (primary N) is 1. The van der Waals surface area contributed by atoms with E-state index in [9.17, 15) is 4.79 Å². The average molecular weight is 322 g/mol. The molecule has 1 atom stereocenters. The number of amides is 1. The summed E-state index contributed by atoms with van der Waals surface area (Å²) in [7, 11) is 0. The van der Waals surface area contributed by atoms with Gasteiger partial charge in [0.25, 0.3) is 0 Å². The van der Waals surface area contributed by atoms with Crippen molar-refractivity contribution in [3.63, 3.8) is 0 Å². The minimum absolute atomic E-state index is 0.227. The Balaban J connectivity index is 1.76. The van der Waals surface area contributed by atoms with Crippen LogP contribution in [0, 0.1) is 5.92 Å². The van der Waals surface area contributed by atoms with Crippen LogP contribution >= 0.6 is 11.8 Å². The maximum Gasteiger partial charge on any atom is 0.407 e. The van der Waals surface area contributed by atoms with Crippen molar-refractivity contribution in [2.45, 2.75) is 50.2 Å². The number of rotatable bonds is 6. The summed E-state index contributed by atoms with van der Waals surface area (Å²) < 4.78 is 5.19. The first-order chi connectivity index (χ1) is 10.3. The summed E-state index contributed by atoms with van der Waals surface area (Å²) in [4.78, 5) is 12.9. The van der Waals surface area contributed by atoms with E-state index in [0.29, 0.717) is 6.54 Å². The Hall–Kier alpha value is -1.20. The topological polar surface area (TPSA) is 64.3 Å². The van der Waals surface area contributed by atoms with E-state index < -0.39 is 11.7 Å². The fourth-order valence-electron chi connectivity index (χ4n) is 1.94. The molecule has 2 rings (SSSR count). The van der Waals surface area contributed by atoms with Gasteiger partial charge in [0.05, 0.1) is 0 Å². The highest BCUT2D eigenvalue weighted by atomic mass is 32.2. The third kappa shape index (κ3) is 6.28. The van der Waals surface area contributed by atoms with Crippen molar-refractivity contribution in [1.82, 2.24) is 5.32 Å². The Labute approximate surface area is 137 Å². The van der Waals surface area contributed by atoms with E-state index in [-0.39, 0.29) is 6.04 Å². The van der Waals surface area contributed by atoms with E-state index in [0.717, 1.165) is 11.5 Å². The minimum atomic E-state index is -0.491. The summed E-state index contributed by atoms with van der Waals surface area (Å²) >= 11 is 1.91. The van der Waals surface area contributed by atoms with Crippen molar-refractivity contribution in [3.8, 4) is 0 Å². The molecule has 1 unspecified atom stereocenters. The van der Waals surface area contributed by atoms with Crippen molar-refractivity contribution in [1.29, 1.82) is 0 Å². The lowest BCUT2D eigenvalue weighted by atomic mass is 10.1. The second kappa shape index (κ2) is 7.38. The highest BCUT2D eigenvalue weighted by Gasteiger charge is 2.21. The van der Waals surface area contributed by atoms with Gasteiger partial charge < -0.3 is 15.8 Å². The first kappa shape index (κ1) is 17.2. The molecular weight excluding hydrogens is 296 g/mol. The first-order valence-corrected chi connectivity index (χ1v) is 8.77. The van der Waals surface area contributed by atoms with Gasteiger partial charge in [-0.15, -0.1) is 11.8 Å². The predicted molar refractivity (Wildman–Crippen MR) is 91.1 cm³/mol. The van der Waals surface area contributed by atoms with Gasteiger partial charge in [0, 0.05) is 23.2 Å². The zero-order chi connectivity index (χ0) is 16.2. The molecule has 0 radical (unpaired) electrons. The van der Waals surface area contributed by atoms with Gasteiger partial charge in [-0.05, 0) is 57.2 Å². The summed E-state index contributed by atoms with van der Waals surface area (Å²) in [6.07, 6.45) is 2.33. The van der Waals surface area contributed by atoms with Crippen LogP contribution in [-0.4, -0.2) is 24.0 Å². The molecule has 1 saturated carbocycles. The molecule has 4 nitrogen and oxygen atoms in total. The molecule has 0 aliphatic heterocycles. The molecule has 1 aromatic carbocycles. The molecule has 22 heavy (non-hydrogen) atoms. The normalized spacial score (nSPS) is 16.2. The Morgan fingerprint density at radius 1 is 1.36 bits per heavy atom. The molecule has 0 saturated heterocycles. The lowest BCUT2D eigenvalue weighted by Crippen LogP contribution is -2.36. The van der Waals surface area contributed by atoms with Crippen LogP contribution < -0.4 is 11.1 Å². The second-order valence-corrected chi connectivity index (χ2v) is 7.91. The molecule has 1 aliphatic rings. The lowest BCUT2D eigenvalue weighted by Gasteiger charge is -2.21. The van der Waals surface area contributed by atoms with Crippen molar-refractivity contribution in [3.05, 3.63) is 29.8 Å². The third-order valence-corrected chi connectivity index (χ3v) is 4.60. The van der Waals surface area contributed by atoms with Crippen LogP contribution in [-0.2, 0) is 4.74 Å². The predicted octanol–water partition coefficient (Wildman–Crippen LogP) is 3.71. The van der Waals surface area contributed by atoms with Crippen molar-refractivity contribution in [2.75, 3.05) is 12.3 Å². The molecule has 1 aliphatic carbocycles. The molecule has 122 valence electrons. The maximum absolute atomic E-state index is 11.6. The van der Waals surface area contributed by atoms with Crippen molar-refractivity contribution >= 4 is 17.9 Å². The van der Waals surface area contributed by atoms with Gasteiger partial charge in [0.2, 0.25) is 0 Å². The average Bonchev–Trinajstić information content (AvgIpc) is 3.25. The number of benzene rings is 1. The molecule has 1 fully saturated rings. The number of hydrogen-bond donors (Lipinski definition) is 2. The Morgan fingerprint density at radius 3 is 2.55 bits per heavy atom. The third-order valence-electron chi connectivity index (χ3n) is 3.36. The van der Waals surface area contributed by atoms with E-state index in [4.69, 9.17) is 10.5 Å². The molecule has 1 amide bonds. The number of carbonyl (C=O) groups excluding carboxylic acids is 1. The number of thioether (sulfide) groups is 1. The Kier molecular flexibility index (Phi) is 5.75. The van der Waals surface area contributed by atoms with E-state index in [1.54, 1.807) is 0 Å². The van der Waals surface area contributed by atoms with Crippen LogP contribution in [0.1, 0.15) is 45.2 Å². The van der Waals surface area contributed by atoms with Crippen LogP contribution in [0.2, 0.25) is 0 Å². The van der Waals surface area contributed by atoms with Gasteiger partial charge in [-0.2, -0.15) is 0 Å². The number of nitrogens with one attached hydrogen (secondary N) is 1. The zero-order valence-electron chi connectivity index (χ0n) is 13.6. The number of carbonyl (C=O) groups is 1. The van der Waals surface area contributed by atoms with E-state index in [1.807, 2.05) is 44.7 Å². The highest BCUT2D eigenvalue weighted by molar-refractivity contribution is 7.99. The first-order valence-electron chi connectivity index (χ1n) is 7.79. The number of ether oxygens (including phenoxy) is 1. The summed E-state index contributed by atoms with van der Waals surface area (Å²) in [5.74, 6) is 2.14. The van der Waals surface area contributed by atoms with Crippen LogP contribution in [0.15, 0.2) is 29.2 Å². The van der Waals surface area contributed by atoms with Gasteiger partial charge in [-0.1, -0.05) is 12.1 Å². The molecule has 5 heteroatoms. The summed E-state index contributed by atoms with van der Waals surface area (Å²) in [5.41, 5.74) is 6.64. The fourth-order valence-corrected chi connectivity index (χ4v) is 3.03. The van der Waals surface area contributed by atoms with Gasteiger partial charge >= 0.3 is 6.09 Å². The molecule has 0 bridgehead atoms. The van der Waals surface area contributed by atoms with Crippen molar-refractivity contribution < 1.29 is 9.53 Å². The fraction of sp³-hybridized carbons (Fsp3) is 0.588. The molecule has 0 spiro atoms. The smallest absolute Gasteiger partial charge is 0.407 e. The Morgan fingerprint density at radius 2 is 2.00 bits per heavy atom. The monoisotopic (exact) mass is 322 g/mol. The largest absolute Gasteiger partial charge is 0.444 e. The molecule has 0 aromatic heterocycles. The lowest BCUT2D eigenvalue weighted by molar-refractivity contribution is 0.0524. The summed E-state index contributed by atoms with van der Waals surface area (Å²) in [6, 6.07) is 8.06. The molecule has 3 N–H and O–H groups in total. The highest BCUT2D eigenvalue weighted by Crippen LogP contribution is 2.35. The quantitative estimate of drug-likeness (QED) is 0.784. The van der Waals surface area contributed by atoms with Crippen LogP contribution in [0.3, 0.4) is 0 Å². The van der Waals surface area contributed by atoms with Crippen LogP contribution in [0.4, 0.5) is 4.79 Å². The molecule has 1 aromatic rings. The Bertz CT molecular complexity index is 492.